The van der Waals surface area contributed by atoms with E-state index in [1.165, 1.54) is 6.07 Å². The van der Waals surface area contributed by atoms with Crippen molar-refractivity contribution in [2.45, 2.75) is 36.8 Å². The first-order valence-electron chi connectivity index (χ1n) is 9.38. The molecule has 0 aromatic heterocycles. The quantitative estimate of drug-likeness (QED) is 0.556. The zero-order chi connectivity index (χ0) is 23.3. The molecule has 11 heteroatoms. The number of amides is 1. The summed E-state index contributed by atoms with van der Waals surface area (Å²) >= 11 is 0.906. The lowest BCUT2D eigenvalue weighted by Crippen LogP contribution is -2.62. The van der Waals surface area contributed by atoms with Gasteiger partial charge in [0.25, 0.3) is 0 Å². The Labute approximate surface area is 180 Å². The fourth-order valence-corrected chi connectivity index (χ4v) is 5.31. The first kappa shape index (κ1) is 23.0. The predicted octanol–water partition coefficient (Wildman–Crippen LogP) is 2.55. The van der Waals surface area contributed by atoms with E-state index in [0.717, 1.165) is 23.9 Å². The van der Waals surface area contributed by atoms with Crippen molar-refractivity contribution >= 4 is 35.6 Å². The number of Topliss-reactive ketones (excluding diaryl/α,β-unsaturated/α-hetero) is 1. The Morgan fingerprint density at radius 1 is 1.19 bits per heavy atom. The number of fused-ring (bicyclic) bond motifs is 1. The number of hydrogen-bond donors (Lipinski definition) is 3. The summed E-state index contributed by atoms with van der Waals surface area (Å²) in [7, 11) is 0. The Balaban J connectivity index is 1.92. The van der Waals surface area contributed by atoms with Crippen molar-refractivity contribution in [1.29, 1.82) is 0 Å². The van der Waals surface area contributed by atoms with Gasteiger partial charge in [-0.2, -0.15) is 0 Å². The molecule has 2 fully saturated rings. The van der Waals surface area contributed by atoms with Crippen molar-refractivity contribution in [1.82, 2.24) is 5.32 Å². The van der Waals surface area contributed by atoms with E-state index in [-0.39, 0.29) is 10.6 Å². The van der Waals surface area contributed by atoms with Crippen LogP contribution in [-0.4, -0.2) is 50.9 Å². The van der Waals surface area contributed by atoms with E-state index in [0.29, 0.717) is 0 Å². The summed E-state index contributed by atoms with van der Waals surface area (Å²) in [5.74, 6) is -10.6. The van der Waals surface area contributed by atoms with E-state index in [1.807, 2.05) is 0 Å². The maximum atomic E-state index is 13.5. The highest BCUT2D eigenvalue weighted by atomic mass is 32.2. The summed E-state index contributed by atoms with van der Waals surface area (Å²) in [5.41, 5.74) is -3.16. The first-order valence-corrected chi connectivity index (χ1v) is 10.4. The molecule has 0 unspecified atom stereocenters. The molecule has 5 atom stereocenters. The van der Waals surface area contributed by atoms with E-state index < -0.39 is 70.3 Å². The summed E-state index contributed by atoms with van der Waals surface area (Å²) in [6.07, 6.45) is -1.10. The topological polar surface area (TPSA) is 130 Å². The van der Waals surface area contributed by atoms with Crippen LogP contribution in [-0.2, 0) is 19.1 Å². The van der Waals surface area contributed by atoms with Gasteiger partial charge in [-0.15, -0.1) is 11.8 Å². The van der Waals surface area contributed by atoms with Crippen molar-refractivity contribution in [3.05, 3.63) is 29.8 Å². The zero-order valence-electron chi connectivity index (χ0n) is 16.8. The molecule has 168 valence electrons. The number of alkyl carbamates (subject to hydrolysis) is 1. The van der Waals surface area contributed by atoms with E-state index in [4.69, 9.17) is 4.74 Å². The molecule has 0 heterocycles. The number of benzene rings is 1. The minimum Gasteiger partial charge on any atom is -0.481 e. The van der Waals surface area contributed by atoms with Gasteiger partial charge in [0, 0.05) is 22.5 Å². The highest BCUT2D eigenvalue weighted by molar-refractivity contribution is 7.99. The summed E-state index contributed by atoms with van der Waals surface area (Å²) in [4.78, 5) is 49.5. The number of rotatable bonds is 6. The number of carbonyl (C=O) groups excluding carboxylic acids is 2. The smallest absolute Gasteiger partial charge is 0.408 e. The molecule has 0 radical (unpaired) electrons. The molecule has 0 saturated heterocycles. The van der Waals surface area contributed by atoms with E-state index in [1.54, 1.807) is 20.8 Å². The summed E-state index contributed by atoms with van der Waals surface area (Å²) in [6.45, 7) is 4.70. The van der Waals surface area contributed by atoms with Crippen molar-refractivity contribution in [3.63, 3.8) is 0 Å². The monoisotopic (exact) mass is 457 g/mol. The second kappa shape index (κ2) is 7.77. The molecule has 31 heavy (non-hydrogen) atoms. The molecule has 0 aliphatic heterocycles. The van der Waals surface area contributed by atoms with Gasteiger partial charge in [0.1, 0.15) is 11.4 Å². The molecule has 8 nitrogen and oxygen atoms in total. The van der Waals surface area contributed by atoms with Crippen LogP contribution in [0.5, 0.6) is 0 Å². The Morgan fingerprint density at radius 3 is 2.35 bits per heavy atom. The number of nitrogens with one attached hydrogen (secondary N) is 1. The maximum absolute atomic E-state index is 13.5. The second-order valence-corrected chi connectivity index (χ2v) is 9.65. The molecular weight excluding hydrogens is 436 g/mol. The minimum atomic E-state index is -2.20. The molecule has 0 spiro atoms. The number of aliphatic carboxylic acids is 2. The third kappa shape index (κ3) is 4.10. The molecule has 2 aliphatic carbocycles. The molecule has 1 aromatic rings. The van der Waals surface area contributed by atoms with Crippen molar-refractivity contribution in [2.75, 3.05) is 5.75 Å². The van der Waals surface area contributed by atoms with Gasteiger partial charge in [-0.3, -0.25) is 9.59 Å². The lowest BCUT2D eigenvalue weighted by Gasteiger charge is -2.35. The maximum Gasteiger partial charge on any atom is 0.408 e. The van der Waals surface area contributed by atoms with Crippen molar-refractivity contribution < 1.29 is 42.9 Å². The van der Waals surface area contributed by atoms with Crippen LogP contribution in [0.15, 0.2) is 23.1 Å². The van der Waals surface area contributed by atoms with Gasteiger partial charge in [-0.25, -0.2) is 18.4 Å². The van der Waals surface area contributed by atoms with Gasteiger partial charge < -0.3 is 20.3 Å². The van der Waals surface area contributed by atoms with Crippen LogP contribution in [0.1, 0.15) is 20.8 Å². The fraction of sp³-hybridized carbons (Fsp3) is 0.500. The lowest BCUT2D eigenvalue weighted by atomic mass is 9.81. The molecule has 2 aliphatic rings. The Morgan fingerprint density at radius 2 is 1.84 bits per heavy atom. The number of carboxylic acid groups (broad SMARTS) is 2. The Hall–Kier alpha value is -2.69. The molecule has 0 bridgehead atoms. The summed E-state index contributed by atoms with van der Waals surface area (Å²) in [5, 5.41) is 21.7. The lowest BCUT2D eigenvalue weighted by molar-refractivity contribution is -0.151. The molecule has 1 aromatic carbocycles. The molecular formula is C20H21F2NO7S. The van der Waals surface area contributed by atoms with E-state index in [9.17, 15) is 38.2 Å². The number of carbonyl (C=O) groups is 4. The standard InChI is InChI=1S/C20H21F2NO7S/c1-19(2,3)30-18(29)23-20(17(27)28)9(15(24)12-13(14(12)20)16(25)26)7-31-8-4-5-10(21)11(22)6-8/h4-6,9,12-14H,7H2,1-3H3,(H,23,29)(H,25,26)(H,27,28)/t9-,12+,13+,14+,20+/m1/s1. The zero-order valence-corrected chi connectivity index (χ0v) is 17.7. The number of halogens is 2. The van der Waals surface area contributed by atoms with E-state index >= 15 is 0 Å². The summed E-state index contributed by atoms with van der Waals surface area (Å²) in [6, 6.07) is 3.08. The molecule has 1 amide bonds. The number of ether oxygens (including phenoxy) is 1. The number of thioether (sulfide) groups is 1. The predicted molar refractivity (Wildman–Crippen MR) is 103 cm³/mol. The first-order chi connectivity index (χ1) is 14.3. The average molecular weight is 457 g/mol. The second-order valence-electron chi connectivity index (χ2n) is 8.56. The van der Waals surface area contributed by atoms with Gasteiger partial charge in [-0.1, -0.05) is 0 Å². The Bertz CT molecular complexity index is 963. The highest BCUT2D eigenvalue weighted by Crippen LogP contribution is 2.63. The van der Waals surface area contributed by atoms with Crippen LogP contribution in [0.3, 0.4) is 0 Å². The fourth-order valence-electron chi connectivity index (χ4n) is 4.18. The van der Waals surface area contributed by atoms with Gasteiger partial charge in [0.05, 0.1) is 11.8 Å². The van der Waals surface area contributed by atoms with Crippen LogP contribution in [0.4, 0.5) is 13.6 Å². The SMILES string of the molecule is CC(C)(C)OC(=O)N[C@]1(C(=O)O)[C@@H]2[C@@H](C(=O)O)[C@@H]2C(=O)[C@H]1CSc1ccc(F)c(F)c1. The van der Waals surface area contributed by atoms with Crippen LogP contribution in [0, 0.1) is 35.3 Å². The number of hydrogen-bond acceptors (Lipinski definition) is 6. The largest absolute Gasteiger partial charge is 0.481 e. The molecule has 2 saturated carbocycles. The van der Waals surface area contributed by atoms with Gasteiger partial charge in [0.15, 0.2) is 17.2 Å². The van der Waals surface area contributed by atoms with Gasteiger partial charge >= 0.3 is 18.0 Å². The number of carboxylic acids is 2. The van der Waals surface area contributed by atoms with Crippen molar-refractivity contribution in [3.8, 4) is 0 Å². The average Bonchev–Trinajstić information content (AvgIpc) is 3.32. The van der Waals surface area contributed by atoms with Crippen LogP contribution >= 0.6 is 11.8 Å². The van der Waals surface area contributed by atoms with Gasteiger partial charge in [-0.05, 0) is 39.0 Å². The van der Waals surface area contributed by atoms with Crippen LogP contribution < -0.4 is 5.32 Å². The molecule has 3 rings (SSSR count). The molecule has 3 N–H and O–H groups in total. The minimum absolute atomic E-state index is 0.189. The van der Waals surface area contributed by atoms with Crippen LogP contribution in [0.25, 0.3) is 0 Å². The third-order valence-corrected chi connectivity index (χ3v) is 6.51. The van der Waals surface area contributed by atoms with Gasteiger partial charge in [0.2, 0.25) is 0 Å². The summed E-state index contributed by atoms with van der Waals surface area (Å²) < 4.78 is 31.8. The van der Waals surface area contributed by atoms with Crippen molar-refractivity contribution in [2.24, 2.45) is 23.7 Å². The normalized spacial score (nSPS) is 29.3. The van der Waals surface area contributed by atoms with E-state index in [2.05, 4.69) is 5.32 Å². The highest BCUT2D eigenvalue weighted by Gasteiger charge is 2.80. The van der Waals surface area contributed by atoms with Crippen LogP contribution in [0.2, 0.25) is 0 Å². The Kier molecular flexibility index (Phi) is 5.76. The number of ketones is 1. The third-order valence-electron chi connectivity index (χ3n) is 5.42.